The molecule has 0 N–H and O–H groups in total. The highest BCUT2D eigenvalue weighted by Gasteiger charge is 2.60. The maximum Gasteiger partial charge on any atom is 0.365 e. The third-order valence-corrected chi connectivity index (χ3v) is 8.75. The molecule has 1 amide bonds. The highest BCUT2D eigenvalue weighted by Crippen LogP contribution is 2.59. The van der Waals surface area contributed by atoms with Crippen molar-refractivity contribution < 1.29 is 14.3 Å². The molecule has 1 saturated heterocycles. The van der Waals surface area contributed by atoms with Crippen molar-refractivity contribution >= 4 is 80.8 Å². The first kappa shape index (κ1) is 23.0. The van der Waals surface area contributed by atoms with Gasteiger partial charge in [-0.2, -0.15) is 5.10 Å². The van der Waals surface area contributed by atoms with E-state index in [1.807, 2.05) is 66.1 Å². The summed E-state index contributed by atoms with van der Waals surface area (Å²) in [5.74, 6) is -0.698. The molecule has 10 heteroatoms. The SMILES string of the molecule is CCOC(=O)C1=NN(c2ccc(Cl)cc2)[C@]2(S1)S/C(=C\c1cccs1)C(=O)N2c1ccccc1. The zero-order valence-electron chi connectivity index (χ0n) is 17.9. The lowest BCUT2D eigenvalue weighted by atomic mass is 10.2. The van der Waals surface area contributed by atoms with Gasteiger partial charge in [0.1, 0.15) is 0 Å². The molecule has 5 rings (SSSR count). The molecular weight excluding hydrogens is 510 g/mol. The molecule has 0 saturated carbocycles. The van der Waals surface area contributed by atoms with Crippen molar-refractivity contribution in [2.45, 2.75) is 11.3 Å². The first-order chi connectivity index (χ1) is 16.5. The summed E-state index contributed by atoms with van der Waals surface area (Å²) >= 11 is 10.2. The number of hydrogen-bond acceptors (Lipinski definition) is 8. The minimum atomic E-state index is -1.10. The Morgan fingerprint density at radius 2 is 1.82 bits per heavy atom. The van der Waals surface area contributed by atoms with Crippen molar-refractivity contribution in [3.8, 4) is 0 Å². The topological polar surface area (TPSA) is 62.2 Å². The molecule has 3 aromatic rings. The predicted molar refractivity (Wildman–Crippen MR) is 142 cm³/mol. The molecule has 172 valence electrons. The fourth-order valence-electron chi connectivity index (χ4n) is 3.55. The van der Waals surface area contributed by atoms with E-state index in [9.17, 15) is 9.59 Å². The Bertz CT molecular complexity index is 1280. The van der Waals surface area contributed by atoms with Crippen molar-refractivity contribution in [1.82, 2.24) is 0 Å². The summed E-state index contributed by atoms with van der Waals surface area (Å²) in [6.45, 7) is 1.97. The number of halogens is 1. The van der Waals surface area contributed by atoms with Gasteiger partial charge in [-0.15, -0.1) is 11.3 Å². The number of para-hydroxylation sites is 1. The largest absolute Gasteiger partial charge is 0.461 e. The summed E-state index contributed by atoms with van der Waals surface area (Å²) in [4.78, 5) is 29.8. The van der Waals surface area contributed by atoms with Gasteiger partial charge < -0.3 is 4.74 Å². The van der Waals surface area contributed by atoms with E-state index in [0.717, 1.165) is 4.88 Å². The van der Waals surface area contributed by atoms with Gasteiger partial charge in [-0.3, -0.25) is 9.69 Å². The number of carbonyl (C=O) groups excluding carboxylic acids is 2. The number of amides is 1. The lowest BCUT2D eigenvalue weighted by Crippen LogP contribution is -2.51. The van der Waals surface area contributed by atoms with Crippen molar-refractivity contribution in [2.24, 2.45) is 5.10 Å². The van der Waals surface area contributed by atoms with Crippen LogP contribution < -0.4 is 9.91 Å². The second-order valence-electron chi connectivity index (χ2n) is 7.17. The van der Waals surface area contributed by atoms with Crippen molar-refractivity contribution in [1.29, 1.82) is 0 Å². The first-order valence-corrected chi connectivity index (χ1v) is 13.3. The van der Waals surface area contributed by atoms with Crippen LogP contribution in [-0.2, 0) is 14.3 Å². The summed E-state index contributed by atoms with van der Waals surface area (Å²) in [5, 5.41) is 9.06. The lowest BCUT2D eigenvalue weighted by Gasteiger charge is -2.38. The number of rotatable bonds is 5. The monoisotopic (exact) mass is 527 g/mol. The number of thiophene rings is 1. The molecule has 2 aliphatic rings. The van der Waals surface area contributed by atoms with Gasteiger partial charge >= 0.3 is 5.97 Å². The predicted octanol–water partition coefficient (Wildman–Crippen LogP) is 6.26. The van der Waals surface area contributed by atoms with E-state index in [0.29, 0.717) is 21.3 Å². The number of anilines is 2. The molecule has 0 radical (unpaired) electrons. The van der Waals surface area contributed by atoms with Gasteiger partial charge in [0.15, 0.2) is 0 Å². The maximum absolute atomic E-state index is 13.8. The van der Waals surface area contributed by atoms with Crippen LogP contribution in [-0.4, -0.2) is 27.9 Å². The molecule has 2 aliphatic heterocycles. The van der Waals surface area contributed by atoms with Gasteiger partial charge in [-0.25, -0.2) is 9.80 Å². The second-order valence-corrected chi connectivity index (χ2v) is 11.2. The molecule has 1 spiro atoms. The van der Waals surface area contributed by atoms with E-state index in [1.54, 1.807) is 40.3 Å². The Balaban J connectivity index is 1.67. The molecule has 0 bridgehead atoms. The highest BCUT2D eigenvalue weighted by molar-refractivity contribution is 8.29. The van der Waals surface area contributed by atoms with E-state index in [1.165, 1.54) is 23.5 Å². The van der Waals surface area contributed by atoms with Crippen LogP contribution in [0.1, 0.15) is 11.8 Å². The zero-order chi connectivity index (χ0) is 23.7. The number of benzene rings is 2. The Labute approximate surface area is 214 Å². The molecule has 3 heterocycles. The van der Waals surface area contributed by atoms with Gasteiger partial charge in [-0.1, -0.05) is 47.6 Å². The van der Waals surface area contributed by atoms with E-state index in [-0.39, 0.29) is 17.6 Å². The number of thioether (sulfide) groups is 2. The Morgan fingerprint density at radius 1 is 1.06 bits per heavy atom. The van der Waals surface area contributed by atoms with E-state index >= 15 is 0 Å². The molecule has 2 aromatic carbocycles. The lowest BCUT2D eigenvalue weighted by molar-refractivity contribution is -0.134. The third kappa shape index (κ3) is 4.13. The Hall–Kier alpha value is -2.72. The van der Waals surface area contributed by atoms with Crippen LogP contribution in [0.25, 0.3) is 6.08 Å². The van der Waals surface area contributed by atoms with Gasteiger partial charge in [0, 0.05) is 15.6 Å². The fraction of sp³-hybridized carbons (Fsp3) is 0.125. The van der Waals surface area contributed by atoms with Crippen molar-refractivity contribution in [3.63, 3.8) is 0 Å². The molecule has 34 heavy (non-hydrogen) atoms. The van der Waals surface area contributed by atoms with E-state index in [4.69, 9.17) is 16.3 Å². The molecule has 6 nitrogen and oxygen atoms in total. The summed E-state index contributed by atoms with van der Waals surface area (Å²) in [6.07, 6.45) is 1.88. The minimum Gasteiger partial charge on any atom is -0.461 e. The molecule has 0 unspecified atom stereocenters. The van der Waals surface area contributed by atoms with E-state index in [2.05, 4.69) is 5.10 Å². The van der Waals surface area contributed by atoms with E-state index < -0.39 is 10.3 Å². The number of hydrazone groups is 1. The number of carbonyl (C=O) groups is 2. The Kier molecular flexibility index (Phi) is 6.44. The third-order valence-electron chi connectivity index (χ3n) is 4.98. The van der Waals surface area contributed by atoms with Gasteiger partial charge in [0.2, 0.25) is 9.37 Å². The molecule has 1 atom stereocenters. The zero-order valence-corrected chi connectivity index (χ0v) is 21.1. The minimum absolute atomic E-state index is 0.170. The normalized spacial score (nSPS) is 20.9. The average molecular weight is 528 g/mol. The van der Waals surface area contributed by atoms with Crippen LogP contribution in [0.3, 0.4) is 0 Å². The van der Waals surface area contributed by atoms with Gasteiger partial charge in [0.25, 0.3) is 5.91 Å². The standard InChI is InChI=1S/C24H18ClN3O3S3/c1-2-31-23(30)21-26-28(18-12-10-16(25)11-13-18)24(34-21)27(17-7-4-3-5-8-17)22(29)20(33-24)15-19-9-6-14-32-19/h3-15H,2H2,1H3/b20-15-/t24-/m0/s1. The van der Waals surface area contributed by atoms with Crippen molar-refractivity contribution in [2.75, 3.05) is 16.5 Å². The summed E-state index contributed by atoms with van der Waals surface area (Å²) in [5.41, 5.74) is 1.39. The van der Waals surface area contributed by atoms with Crippen molar-refractivity contribution in [3.05, 3.63) is 86.9 Å². The summed E-state index contributed by atoms with van der Waals surface area (Å²) < 4.78 is 4.15. The number of nitrogens with zero attached hydrogens (tertiary/aromatic N) is 3. The molecule has 1 fully saturated rings. The molecular formula is C24H18ClN3O3S3. The van der Waals surface area contributed by atoms with Gasteiger partial charge in [0.05, 0.1) is 17.2 Å². The van der Waals surface area contributed by atoms with Crippen LogP contribution in [0.5, 0.6) is 0 Å². The maximum atomic E-state index is 13.8. The number of hydrogen-bond donors (Lipinski definition) is 0. The van der Waals surface area contributed by atoms with Crippen LogP contribution in [0.2, 0.25) is 5.02 Å². The smallest absolute Gasteiger partial charge is 0.365 e. The molecule has 0 aliphatic carbocycles. The average Bonchev–Trinajstić information content (AvgIpc) is 3.55. The first-order valence-electron chi connectivity index (χ1n) is 10.4. The molecule has 1 aromatic heterocycles. The summed E-state index contributed by atoms with van der Waals surface area (Å²) in [6, 6.07) is 20.4. The van der Waals surface area contributed by atoms with Crippen LogP contribution in [0.15, 0.2) is 82.1 Å². The van der Waals surface area contributed by atoms with Gasteiger partial charge in [-0.05, 0) is 72.6 Å². The Morgan fingerprint density at radius 3 is 2.50 bits per heavy atom. The summed E-state index contributed by atoms with van der Waals surface area (Å²) in [7, 11) is 0. The highest BCUT2D eigenvalue weighted by atomic mass is 35.5. The fourth-order valence-corrected chi connectivity index (χ4v) is 7.27. The van der Waals surface area contributed by atoms with Crippen LogP contribution in [0, 0.1) is 0 Å². The van der Waals surface area contributed by atoms with Crippen LogP contribution >= 0.6 is 46.5 Å². The quantitative estimate of drug-likeness (QED) is 0.288. The second kappa shape index (κ2) is 9.50. The number of ether oxygens (including phenoxy) is 1. The number of esters is 1. The van der Waals surface area contributed by atoms with Crippen LogP contribution in [0.4, 0.5) is 11.4 Å².